The summed E-state index contributed by atoms with van der Waals surface area (Å²) >= 11 is 0. The van der Waals surface area contributed by atoms with E-state index in [4.69, 9.17) is 5.73 Å². The fraction of sp³-hybridized carbons (Fsp3) is 0.500. The van der Waals surface area contributed by atoms with Gasteiger partial charge in [-0.2, -0.15) is 4.39 Å². The van der Waals surface area contributed by atoms with Crippen molar-refractivity contribution >= 4 is 17.5 Å². The summed E-state index contributed by atoms with van der Waals surface area (Å²) in [6.45, 7) is 0.707. The van der Waals surface area contributed by atoms with Crippen molar-refractivity contribution in [1.82, 2.24) is 4.98 Å². The highest BCUT2D eigenvalue weighted by atomic mass is 19.1. The molecule has 0 atom stereocenters. The summed E-state index contributed by atoms with van der Waals surface area (Å²) in [5, 5.41) is 10.1. The molecular formula is C12H16FN3O3. The number of aromatic nitrogens is 1. The smallest absolute Gasteiger partial charge is 0.337 e. The fourth-order valence-corrected chi connectivity index (χ4v) is 2.17. The molecule has 1 fully saturated rings. The number of carbonyl (C=O) groups excluding carboxylic acids is 1. The monoisotopic (exact) mass is 269 g/mol. The number of hydrogen-bond donors (Lipinski definition) is 2. The van der Waals surface area contributed by atoms with Crippen LogP contribution < -0.4 is 10.6 Å². The molecule has 1 aromatic rings. The lowest BCUT2D eigenvalue weighted by molar-refractivity contribution is -0.164. The molecule has 3 N–H and O–H groups in total. The molecule has 6 nitrogen and oxygen atoms in total. The number of carbonyl (C=O) groups is 1. The molecule has 1 saturated heterocycles. The minimum atomic E-state index is -1.48. The highest BCUT2D eigenvalue weighted by Crippen LogP contribution is 2.29. The SMILES string of the molecule is COC(=O)C1(O)CCN(c2nc(F)ccc2N)CC1. The highest BCUT2D eigenvalue weighted by Gasteiger charge is 2.40. The predicted octanol–water partition coefficient (Wildman–Crippen LogP) is 0.307. The molecule has 0 aromatic carbocycles. The predicted molar refractivity (Wildman–Crippen MR) is 67.0 cm³/mol. The summed E-state index contributed by atoms with van der Waals surface area (Å²) < 4.78 is 17.7. The summed E-state index contributed by atoms with van der Waals surface area (Å²) in [7, 11) is 1.23. The van der Waals surface area contributed by atoms with Crippen LogP contribution in [0.25, 0.3) is 0 Å². The number of ether oxygens (including phenoxy) is 1. The van der Waals surface area contributed by atoms with Gasteiger partial charge in [0.2, 0.25) is 5.95 Å². The number of rotatable bonds is 2. The second-order valence-electron chi connectivity index (χ2n) is 4.56. The highest BCUT2D eigenvalue weighted by molar-refractivity contribution is 5.79. The molecule has 1 aliphatic heterocycles. The van der Waals surface area contributed by atoms with Gasteiger partial charge >= 0.3 is 5.97 Å². The lowest BCUT2D eigenvalue weighted by atomic mass is 9.91. The molecule has 0 bridgehead atoms. The van der Waals surface area contributed by atoms with E-state index < -0.39 is 17.5 Å². The first-order valence-electron chi connectivity index (χ1n) is 5.94. The lowest BCUT2D eigenvalue weighted by Gasteiger charge is -2.37. The molecule has 19 heavy (non-hydrogen) atoms. The van der Waals surface area contributed by atoms with Gasteiger partial charge in [0.25, 0.3) is 0 Å². The van der Waals surface area contributed by atoms with E-state index in [1.165, 1.54) is 19.2 Å². The average Bonchev–Trinajstić information content (AvgIpc) is 2.41. The number of esters is 1. The number of anilines is 2. The first-order valence-corrected chi connectivity index (χ1v) is 5.94. The zero-order chi connectivity index (χ0) is 14.0. The molecule has 0 unspecified atom stereocenters. The van der Waals surface area contributed by atoms with E-state index in [0.29, 0.717) is 24.6 Å². The van der Waals surface area contributed by atoms with E-state index in [0.717, 1.165) is 0 Å². The summed E-state index contributed by atoms with van der Waals surface area (Å²) in [4.78, 5) is 17.0. The van der Waals surface area contributed by atoms with Crippen molar-refractivity contribution in [3.05, 3.63) is 18.1 Å². The second-order valence-corrected chi connectivity index (χ2v) is 4.56. The summed E-state index contributed by atoms with van der Waals surface area (Å²) in [5.74, 6) is -0.919. The van der Waals surface area contributed by atoms with Gasteiger partial charge in [-0.05, 0) is 12.1 Å². The maximum atomic E-state index is 13.1. The number of piperidine rings is 1. The minimum absolute atomic E-state index is 0.192. The molecule has 2 heterocycles. The summed E-state index contributed by atoms with van der Waals surface area (Å²) in [6.07, 6.45) is 0.384. The largest absolute Gasteiger partial charge is 0.467 e. The van der Waals surface area contributed by atoms with Crippen molar-refractivity contribution in [2.75, 3.05) is 30.8 Å². The van der Waals surface area contributed by atoms with E-state index in [2.05, 4.69) is 9.72 Å². The van der Waals surface area contributed by atoms with Crippen LogP contribution in [0.1, 0.15) is 12.8 Å². The Morgan fingerprint density at radius 3 is 2.74 bits per heavy atom. The van der Waals surface area contributed by atoms with Crippen LogP contribution in [0.3, 0.4) is 0 Å². The number of hydrogen-bond acceptors (Lipinski definition) is 6. The molecule has 1 aromatic heterocycles. The normalized spacial score (nSPS) is 18.2. The van der Waals surface area contributed by atoms with Crippen LogP contribution >= 0.6 is 0 Å². The lowest BCUT2D eigenvalue weighted by Crippen LogP contribution is -2.50. The van der Waals surface area contributed by atoms with Crippen LogP contribution in [0.5, 0.6) is 0 Å². The van der Waals surface area contributed by atoms with E-state index in [1.54, 1.807) is 4.90 Å². The summed E-state index contributed by atoms with van der Waals surface area (Å²) in [6, 6.07) is 2.63. The molecule has 0 amide bonds. The third kappa shape index (κ3) is 2.60. The second kappa shape index (κ2) is 5.00. The number of nitrogen functional groups attached to an aromatic ring is 1. The number of halogens is 1. The Bertz CT molecular complexity index is 487. The maximum absolute atomic E-state index is 13.1. The Hall–Kier alpha value is -1.89. The standard InChI is InChI=1S/C12H16FN3O3/c1-19-11(17)12(18)4-6-16(7-5-12)10-8(14)2-3-9(13)15-10/h2-3,18H,4-7,14H2,1H3. The molecule has 1 aliphatic rings. The molecule has 104 valence electrons. The first kappa shape index (κ1) is 13.5. The molecule has 2 rings (SSSR count). The van der Waals surface area contributed by atoms with Gasteiger partial charge in [-0.1, -0.05) is 0 Å². The van der Waals surface area contributed by atoms with Gasteiger partial charge in [0.15, 0.2) is 11.4 Å². The number of methoxy groups -OCH3 is 1. The Balaban J connectivity index is 2.12. The van der Waals surface area contributed by atoms with Crippen LogP contribution in [0.4, 0.5) is 15.9 Å². The van der Waals surface area contributed by atoms with Gasteiger partial charge in [-0.25, -0.2) is 9.78 Å². The third-order valence-electron chi connectivity index (χ3n) is 3.33. The van der Waals surface area contributed by atoms with Gasteiger partial charge in [-0.15, -0.1) is 0 Å². The van der Waals surface area contributed by atoms with Crippen LogP contribution in [0, 0.1) is 5.95 Å². The van der Waals surface area contributed by atoms with Crippen molar-refractivity contribution in [3.63, 3.8) is 0 Å². The van der Waals surface area contributed by atoms with Gasteiger partial charge < -0.3 is 20.5 Å². The minimum Gasteiger partial charge on any atom is -0.467 e. The van der Waals surface area contributed by atoms with Gasteiger partial charge in [0.1, 0.15) is 0 Å². The van der Waals surface area contributed by atoms with Crippen LogP contribution in [-0.2, 0) is 9.53 Å². The Labute approximate surface area is 110 Å². The average molecular weight is 269 g/mol. The Morgan fingerprint density at radius 2 is 2.16 bits per heavy atom. The van der Waals surface area contributed by atoms with Gasteiger partial charge in [-0.3, -0.25) is 0 Å². The van der Waals surface area contributed by atoms with Crippen LogP contribution in [0.15, 0.2) is 12.1 Å². The van der Waals surface area contributed by atoms with Gasteiger partial charge in [0, 0.05) is 25.9 Å². The number of nitrogens with two attached hydrogens (primary N) is 1. The topological polar surface area (TPSA) is 88.7 Å². The van der Waals surface area contributed by atoms with Crippen molar-refractivity contribution < 1.29 is 19.0 Å². The van der Waals surface area contributed by atoms with E-state index >= 15 is 0 Å². The fourth-order valence-electron chi connectivity index (χ4n) is 2.17. The van der Waals surface area contributed by atoms with E-state index in [-0.39, 0.29) is 12.8 Å². The zero-order valence-electron chi connectivity index (χ0n) is 10.6. The molecule has 0 saturated carbocycles. The van der Waals surface area contributed by atoms with Crippen molar-refractivity contribution in [2.45, 2.75) is 18.4 Å². The van der Waals surface area contributed by atoms with Crippen LogP contribution in [-0.4, -0.2) is 41.9 Å². The van der Waals surface area contributed by atoms with E-state index in [1.807, 2.05) is 0 Å². The van der Waals surface area contributed by atoms with Crippen molar-refractivity contribution in [2.24, 2.45) is 0 Å². The van der Waals surface area contributed by atoms with E-state index in [9.17, 15) is 14.3 Å². The molecule has 0 spiro atoms. The van der Waals surface area contributed by atoms with Crippen molar-refractivity contribution in [1.29, 1.82) is 0 Å². The molecule has 7 heteroatoms. The Kier molecular flexibility index (Phi) is 3.57. The third-order valence-corrected chi connectivity index (χ3v) is 3.33. The number of aliphatic hydroxyl groups is 1. The number of nitrogens with zero attached hydrogens (tertiary/aromatic N) is 2. The van der Waals surface area contributed by atoms with Gasteiger partial charge in [0.05, 0.1) is 12.8 Å². The molecule has 0 radical (unpaired) electrons. The number of pyridine rings is 1. The van der Waals surface area contributed by atoms with Crippen molar-refractivity contribution in [3.8, 4) is 0 Å². The molecular weight excluding hydrogens is 253 g/mol. The Morgan fingerprint density at radius 1 is 1.53 bits per heavy atom. The quantitative estimate of drug-likeness (QED) is 0.593. The zero-order valence-corrected chi connectivity index (χ0v) is 10.6. The summed E-state index contributed by atoms with van der Waals surface area (Å²) in [5.41, 5.74) is 4.64. The maximum Gasteiger partial charge on any atom is 0.337 e. The molecule has 0 aliphatic carbocycles. The first-order chi connectivity index (χ1) is 8.96. The van der Waals surface area contributed by atoms with Crippen LogP contribution in [0.2, 0.25) is 0 Å².